The summed E-state index contributed by atoms with van der Waals surface area (Å²) < 4.78 is 45.0. The number of rotatable bonds is 3. The number of cyclic esters (lactones) is 1. The molecule has 0 saturated heterocycles. The monoisotopic (exact) mass is 423 g/mol. The van der Waals surface area contributed by atoms with Crippen molar-refractivity contribution < 1.29 is 22.7 Å². The summed E-state index contributed by atoms with van der Waals surface area (Å²) in [5, 5.41) is 0.00838. The Morgan fingerprint density at radius 3 is 2.59 bits per heavy atom. The maximum Gasteiger partial charge on any atom is 0.434 e. The zero-order chi connectivity index (χ0) is 20.8. The predicted octanol–water partition coefficient (Wildman–Crippen LogP) is 4.21. The van der Waals surface area contributed by atoms with Crippen LogP contribution in [0.25, 0.3) is 11.4 Å². The molecule has 0 fully saturated rings. The molecule has 0 atom stereocenters. The van der Waals surface area contributed by atoms with Gasteiger partial charge in [-0.2, -0.15) is 18.2 Å². The quantitative estimate of drug-likeness (QED) is 0.590. The summed E-state index contributed by atoms with van der Waals surface area (Å²) in [5.74, 6) is 0.551. The van der Waals surface area contributed by atoms with E-state index in [0.717, 1.165) is 11.8 Å². The molecule has 0 unspecified atom stereocenters. The number of amides is 1. The van der Waals surface area contributed by atoms with Crippen LogP contribution in [0.1, 0.15) is 16.8 Å². The van der Waals surface area contributed by atoms with E-state index in [9.17, 15) is 18.0 Å². The number of alkyl halides is 3. The standard InChI is InChI=1S/C18H13ClF3N5O2/c1-26-8-13(18(20,21)22)24-14(26)11-4-2-10(3-5-11)7-27-15-12(9-29-17(27)28)6-23-16(19)25-15/h2-6,8H,7,9H2,1H3. The van der Waals surface area contributed by atoms with Crippen LogP contribution in [0, 0.1) is 0 Å². The highest BCUT2D eigenvalue weighted by atomic mass is 35.5. The number of fused-ring (bicyclic) bond motifs is 1. The molecule has 7 nitrogen and oxygen atoms in total. The minimum absolute atomic E-state index is 0.00838. The summed E-state index contributed by atoms with van der Waals surface area (Å²) in [4.78, 5) is 25.2. The molecule has 1 aliphatic heterocycles. The molecule has 0 aliphatic carbocycles. The van der Waals surface area contributed by atoms with Gasteiger partial charge in [-0.15, -0.1) is 0 Å². The van der Waals surface area contributed by atoms with Crippen molar-refractivity contribution in [1.82, 2.24) is 19.5 Å². The molecule has 0 saturated carbocycles. The predicted molar refractivity (Wildman–Crippen MR) is 97.1 cm³/mol. The summed E-state index contributed by atoms with van der Waals surface area (Å²) in [6.07, 6.45) is -2.66. The summed E-state index contributed by atoms with van der Waals surface area (Å²) in [5.41, 5.74) is 0.902. The lowest BCUT2D eigenvalue weighted by molar-refractivity contribution is -0.140. The first kappa shape index (κ1) is 19.2. The number of aromatic nitrogens is 4. The molecule has 0 spiro atoms. The zero-order valence-corrected chi connectivity index (χ0v) is 15.7. The first-order chi connectivity index (χ1) is 13.7. The molecule has 0 bridgehead atoms. The number of imidazole rings is 1. The van der Waals surface area contributed by atoms with Crippen molar-refractivity contribution in [2.75, 3.05) is 4.90 Å². The van der Waals surface area contributed by atoms with Crippen LogP contribution < -0.4 is 4.90 Å². The summed E-state index contributed by atoms with van der Waals surface area (Å²) in [6.45, 7) is 0.204. The van der Waals surface area contributed by atoms with E-state index < -0.39 is 18.0 Å². The van der Waals surface area contributed by atoms with E-state index in [-0.39, 0.29) is 24.3 Å². The summed E-state index contributed by atoms with van der Waals surface area (Å²) in [7, 11) is 1.50. The van der Waals surface area contributed by atoms with Gasteiger partial charge in [0.05, 0.1) is 12.1 Å². The van der Waals surface area contributed by atoms with Gasteiger partial charge in [0.1, 0.15) is 18.2 Å². The smallest absolute Gasteiger partial charge is 0.434 e. The molecule has 4 rings (SSSR count). The Bertz CT molecular complexity index is 1080. The Morgan fingerprint density at radius 1 is 1.21 bits per heavy atom. The number of hydrogen-bond acceptors (Lipinski definition) is 5. The van der Waals surface area contributed by atoms with Crippen LogP contribution >= 0.6 is 11.6 Å². The number of nitrogens with zero attached hydrogens (tertiary/aromatic N) is 5. The fourth-order valence-corrected chi connectivity index (χ4v) is 3.10. The van der Waals surface area contributed by atoms with Crippen LogP contribution in [-0.4, -0.2) is 25.6 Å². The van der Waals surface area contributed by atoms with Gasteiger partial charge in [-0.1, -0.05) is 24.3 Å². The Labute approximate surface area is 167 Å². The van der Waals surface area contributed by atoms with Gasteiger partial charge in [-0.3, -0.25) is 4.90 Å². The number of aryl methyl sites for hydroxylation is 1. The highest BCUT2D eigenvalue weighted by molar-refractivity contribution is 6.28. The minimum Gasteiger partial charge on any atom is -0.444 e. The van der Waals surface area contributed by atoms with Crippen LogP contribution in [0.3, 0.4) is 0 Å². The average molecular weight is 424 g/mol. The maximum absolute atomic E-state index is 12.9. The second kappa shape index (κ2) is 7.03. The van der Waals surface area contributed by atoms with E-state index in [4.69, 9.17) is 16.3 Å². The SMILES string of the molecule is Cn1cc(C(F)(F)F)nc1-c1ccc(CN2C(=O)OCc3cnc(Cl)nc32)cc1. The summed E-state index contributed by atoms with van der Waals surface area (Å²) in [6, 6.07) is 6.67. The normalized spacial score (nSPS) is 14.0. The topological polar surface area (TPSA) is 73.1 Å². The second-order valence-corrected chi connectivity index (χ2v) is 6.72. The molecule has 150 valence electrons. The molecule has 3 aromatic rings. The van der Waals surface area contributed by atoms with Crippen molar-refractivity contribution in [2.45, 2.75) is 19.3 Å². The van der Waals surface area contributed by atoms with E-state index in [1.165, 1.54) is 22.7 Å². The van der Waals surface area contributed by atoms with Crippen LogP contribution in [0.5, 0.6) is 0 Å². The number of halogens is 4. The van der Waals surface area contributed by atoms with Gasteiger partial charge < -0.3 is 9.30 Å². The van der Waals surface area contributed by atoms with Crippen molar-refractivity contribution in [3.05, 3.63) is 58.8 Å². The Morgan fingerprint density at radius 2 is 1.93 bits per heavy atom. The van der Waals surface area contributed by atoms with E-state index in [1.807, 2.05) is 0 Å². The molecule has 0 radical (unpaired) electrons. The van der Waals surface area contributed by atoms with Crippen LogP contribution in [0.4, 0.5) is 23.8 Å². The Hall–Kier alpha value is -3.14. The van der Waals surface area contributed by atoms with Crippen LogP contribution in [0.15, 0.2) is 36.7 Å². The lowest BCUT2D eigenvalue weighted by Gasteiger charge is -2.27. The van der Waals surface area contributed by atoms with Gasteiger partial charge in [0.15, 0.2) is 5.69 Å². The highest BCUT2D eigenvalue weighted by Crippen LogP contribution is 2.31. The van der Waals surface area contributed by atoms with E-state index in [0.29, 0.717) is 16.9 Å². The number of carbonyl (C=O) groups is 1. The first-order valence-corrected chi connectivity index (χ1v) is 8.76. The summed E-state index contributed by atoms with van der Waals surface area (Å²) >= 11 is 5.84. The number of carbonyl (C=O) groups excluding carboxylic acids is 1. The van der Waals surface area contributed by atoms with Gasteiger partial charge in [-0.25, -0.2) is 14.8 Å². The van der Waals surface area contributed by atoms with Crippen molar-refractivity contribution in [2.24, 2.45) is 7.05 Å². The molecule has 3 heterocycles. The van der Waals surface area contributed by atoms with Crippen molar-refractivity contribution in [3.8, 4) is 11.4 Å². The van der Waals surface area contributed by atoms with Crippen molar-refractivity contribution in [3.63, 3.8) is 0 Å². The maximum atomic E-state index is 12.9. The number of ether oxygens (including phenoxy) is 1. The number of hydrogen-bond donors (Lipinski definition) is 0. The van der Waals surface area contributed by atoms with E-state index in [1.54, 1.807) is 24.3 Å². The average Bonchev–Trinajstić information content (AvgIpc) is 3.07. The molecule has 1 amide bonds. The van der Waals surface area contributed by atoms with Gasteiger partial charge >= 0.3 is 12.3 Å². The number of benzene rings is 1. The van der Waals surface area contributed by atoms with Gasteiger partial charge in [0.2, 0.25) is 5.28 Å². The molecule has 29 heavy (non-hydrogen) atoms. The third-order valence-electron chi connectivity index (χ3n) is 4.36. The Balaban J connectivity index is 1.59. The number of anilines is 1. The third-order valence-corrected chi connectivity index (χ3v) is 4.54. The lowest BCUT2D eigenvalue weighted by atomic mass is 10.1. The largest absolute Gasteiger partial charge is 0.444 e. The van der Waals surface area contributed by atoms with Crippen molar-refractivity contribution in [1.29, 1.82) is 0 Å². The fraction of sp³-hybridized carbons (Fsp3) is 0.222. The van der Waals surface area contributed by atoms with Crippen molar-refractivity contribution >= 4 is 23.5 Å². The zero-order valence-electron chi connectivity index (χ0n) is 14.9. The molecular weight excluding hydrogens is 411 g/mol. The molecule has 2 aromatic heterocycles. The molecule has 11 heteroatoms. The second-order valence-electron chi connectivity index (χ2n) is 6.38. The molecule has 0 N–H and O–H groups in total. The van der Waals surface area contributed by atoms with Gasteiger partial charge in [0.25, 0.3) is 0 Å². The first-order valence-electron chi connectivity index (χ1n) is 8.38. The Kier molecular flexibility index (Phi) is 4.65. The van der Waals surface area contributed by atoms with E-state index >= 15 is 0 Å². The molecular formula is C18H13ClF3N5O2. The highest BCUT2D eigenvalue weighted by Gasteiger charge is 2.34. The van der Waals surface area contributed by atoms with Gasteiger partial charge in [-0.05, 0) is 17.2 Å². The molecule has 1 aromatic carbocycles. The van der Waals surface area contributed by atoms with E-state index in [2.05, 4.69) is 15.0 Å². The molecule has 1 aliphatic rings. The van der Waals surface area contributed by atoms with Crippen LogP contribution in [0.2, 0.25) is 5.28 Å². The third kappa shape index (κ3) is 3.75. The van der Waals surface area contributed by atoms with Gasteiger partial charge in [0, 0.05) is 25.0 Å². The fourth-order valence-electron chi connectivity index (χ4n) is 2.97. The lowest BCUT2D eigenvalue weighted by Crippen LogP contribution is -2.36. The minimum atomic E-state index is -4.51. The van der Waals surface area contributed by atoms with Crippen LogP contribution in [-0.2, 0) is 31.1 Å².